The summed E-state index contributed by atoms with van der Waals surface area (Å²) in [5.41, 5.74) is 6.09. The molecule has 1 aromatic heterocycles. The summed E-state index contributed by atoms with van der Waals surface area (Å²) in [5.74, 6) is 0.467. The highest BCUT2D eigenvalue weighted by Crippen LogP contribution is 2.22. The SMILES string of the molecule is CCC(CC)O[C@H](C(C)C)n1cc(C)c(N)nc1=O. The molecule has 0 bridgehead atoms. The molecule has 5 heteroatoms. The van der Waals surface area contributed by atoms with Crippen LogP contribution in [0.15, 0.2) is 11.0 Å². The van der Waals surface area contributed by atoms with Crippen LogP contribution in [0.3, 0.4) is 0 Å². The Balaban J connectivity index is 3.13. The van der Waals surface area contributed by atoms with Crippen LogP contribution < -0.4 is 11.4 Å². The molecule has 0 saturated carbocycles. The third-order valence-electron chi connectivity index (χ3n) is 3.26. The molecule has 0 fully saturated rings. The van der Waals surface area contributed by atoms with Gasteiger partial charge in [-0.05, 0) is 25.7 Å². The Bertz CT molecular complexity index is 464. The molecule has 0 aromatic carbocycles. The van der Waals surface area contributed by atoms with Gasteiger partial charge in [0.1, 0.15) is 12.0 Å². The molecular weight excluding hydrogens is 242 g/mol. The summed E-state index contributed by atoms with van der Waals surface area (Å²) < 4.78 is 7.60. The normalized spacial score (nSPS) is 13.2. The monoisotopic (exact) mass is 267 g/mol. The maximum Gasteiger partial charge on any atom is 0.351 e. The van der Waals surface area contributed by atoms with Crippen molar-refractivity contribution in [2.24, 2.45) is 5.92 Å². The van der Waals surface area contributed by atoms with Gasteiger partial charge in [0, 0.05) is 11.8 Å². The summed E-state index contributed by atoms with van der Waals surface area (Å²) in [4.78, 5) is 15.8. The van der Waals surface area contributed by atoms with Crippen molar-refractivity contribution >= 4 is 5.82 Å². The molecule has 19 heavy (non-hydrogen) atoms. The van der Waals surface area contributed by atoms with Crippen molar-refractivity contribution in [2.45, 2.75) is 59.8 Å². The van der Waals surface area contributed by atoms with Crippen molar-refractivity contribution in [3.63, 3.8) is 0 Å². The molecule has 108 valence electrons. The van der Waals surface area contributed by atoms with Gasteiger partial charge in [-0.25, -0.2) is 4.79 Å². The van der Waals surface area contributed by atoms with Gasteiger partial charge in [-0.15, -0.1) is 0 Å². The number of nitrogens with two attached hydrogens (primary N) is 1. The highest BCUT2D eigenvalue weighted by Gasteiger charge is 2.21. The van der Waals surface area contributed by atoms with Gasteiger partial charge < -0.3 is 10.5 Å². The van der Waals surface area contributed by atoms with Gasteiger partial charge in [-0.1, -0.05) is 27.7 Å². The largest absolute Gasteiger partial charge is 0.383 e. The highest BCUT2D eigenvalue weighted by atomic mass is 16.5. The molecule has 2 N–H and O–H groups in total. The van der Waals surface area contributed by atoms with Crippen LogP contribution in [0.2, 0.25) is 0 Å². The molecule has 5 nitrogen and oxygen atoms in total. The third-order valence-corrected chi connectivity index (χ3v) is 3.26. The second-order valence-corrected chi connectivity index (χ2v) is 5.21. The smallest absolute Gasteiger partial charge is 0.351 e. The van der Waals surface area contributed by atoms with Gasteiger partial charge in [-0.3, -0.25) is 4.57 Å². The molecule has 1 rings (SSSR count). The lowest BCUT2D eigenvalue weighted by molar-refractivity contribution is -0.0839. The molecule has 1 heterocycles. The summed E-state index contributed by atoms with van der Waals surface area (Å²) in [6.45, 7) is 10.1. The van der Waals surface area contributed by atoms with Crippen molar-refractivity contribution < 1.29 is 4.74 Å². The van der Waals surface area contributed by atoms with E-state index >= 15 is 0 Å². The average Bonchev–Trinajstić information content (AvgIpc) is 2.35. The number of hydrogen-bond acceptors (Lipinski definition) is 4. The lowest BCUT2D eigenvalue weighted by atomic mass is 10.1. The molecule has 0 unspecified atom stereocenters. The maximum atomic E-state index is 12.0. The standard InChI is InChI=1S/C14H25N3O2/c1-6-11(7-2)19-13(9(3)4)17-8-10(5)12(15)16-14(17)18/h8-9,11,13H,6-7H2,1-5H3,(H2,15,16,18)/t13-/m1/s1. The van der Waals surface area contributed by atoms with Gasteiger partial charge >= 0.3 is 5.69 Å². The zero-order valence-corrected chi connectivity index (χ0v) is 12.5. The number of rotatable bonds is 6. The van der Waals surface area contributed by atoms with Gasteiger partial charge in [0.05, 0.1) is 6.10 Å². The van der Waals surface area contributed by atoms with Crippen molar-refractivity contribution in [3.8, 4) is 0 Å². The highest BCUT2D eigenvalue weighted by molar-refractivity contribution is 5.35. The molecule has 0 amide bonds. The van der Waals surface area contributed by atoms with Crippen LogP contribution in [-0.2, 0) is 4.74 Å². The summed E-state index contributed by atoms with van der Waals surface area (Å²) in [6, 6.07) is 0. The summed E-state index contributed by atoms with van der Waals surface area (Å²) in [7, 11) is 0. The third kappa shape index (κ3) is 3.80. The van der Waals surface area contributed by atoms with Crippen molar-refractivity contribution in [1.29, 1.82) is 0 Å². The van der Waals surface area contributed by atoms with Crippen LogP contribution in [0.1, 0.15) is 52.3 Å². The van der Waals surface area contributed by atoms with Crippen molar-refractivity contribution in [1.82, 2.24) is 9.55 Å². The summed E-state index contributed by atoms with van der Waals surface area (Å²) in [5, 5.41) is 0. The molecule has 0 aliphatic heterocycles. The predicted molar refractivity (Wildman–Crippen MR) is 77.0 cm³/mol. The summed E-state index contributed by atoms with van der Waals surface area (Å²) in [6.07, 6.45) is 3.44. The number of aromatic nitrogens is 2. The van der Waals surface area contributed by atoms with E-state index in [-0.39, 0.29) is 29.8 Å². The molecule has 0 aliphatic rings. The van der Waals surface area contributed by atoms with Gasteiger partial charge in [0.15, 0.2) is 0 Å². The van der Waals surface area contributed by atoms with Gasteiger partial charge in [0.2, 0.25) is 0 Å². The van der Waals surface area contributed by atoms with Crippen LogP contribution in [-0.4, -0.2) is 15.7 Å². The van der Waals surface area contributed by atoms with E-state index in [4.69, 9.17) is 10.5 Å². The zero-order chi connectivity index (χ0) is 14.6. The first-order valence-corrected chi connectivity index (χ1v) is 6.91. The predicted octanol–water partition coefficient (Wildman–Crippen LogP) is 2.49. The van der Waals surface area contributed by atoms with Crippen molar-refractivity contribution in [3.05, 3.63) is 22.2 Å². The molecule has 0 saturated heterocycles. The van der Waals surface area contributed by atoms with Gasteiger partial charge in [-0.2, -0.15) is 4.98 Å². The van der Waals surface area contributed by atoms with E-state index in [0.717, 1.165) is 18.4 Å². The lowest BCUT2D eigenvalue weighted by Crippen LogP contribution is -2.34. The minimum Gasteiger partial charge on any atom is -0.383 e. The first kappa shape index (κ1) is 15.7. The minimum atomic E-state index is -0.354. The Kier molecular flexibility index (Phi) is 5.54. The maximum absolute atomic E-state index is 12.0. The molecule has 0 spiro atoms. The Labute approximate surface area is 114 Å². The van der Waals surface area contributed by atoms with E-state index in [1.807, 2.05) is 20.8 Å². The number of nitrogen functional groups attached to an aromatic ring is 1. The number of aryl methyl sites for hydroxylation is 1. The zero-order valence-electron chi connectivity index (χ0n) is 12.5. The van der Waals surface area contributed by atoms with Gasteiger partial charge in [0.25, 0.3) is 0 Å². The van der Waals surface area contributed by atoms with E-state index in [1.54, 1.807) is 10.8 Å². The fourth-order valence-electron chi connectivity index (χ4n) is 1.98. The number of anilines is 1. The Hall–Kier alpha value is -1.36. The molecule has 0 aliphatic carbocycles. The first-order valence-electron chi connectivity index (χ1n) is 6.91. The average molecular weight is 267 g/mol. The van der Waals surface area contributed by atoms with Crippen LogP contribution in [0.4, 0.5) is 5.82 Å². The van der Waals surface area contributed by atoms with E-state index in [0.29, 0.717) is 0 Å². The minimum absolute atomic E-state index is 0.150. The molecule has 0 radical (unpaired) electrons. The molecule has 1 atom stereocenters. The van der Waals surface area contributed by atoms with Crippen LogP contribution in [0.25, 0.3) is 0 Å². The Morgan fingerprint density at radius 1 is 1.37 bits per heavy atom. The first-order chi connectivity index (χ1) is 8.90. The lowest BCUT2D eigenvalue weighted by Gasteiger charge is -2.28. The van der Waals surface area contributed by atoms with E-state index < -0.39 is 0 Å². The fraction of sp³-hybridized carbons (Fsp3) is 0.714. The van der Waals surface area contributed by atoms with Crippen LogP contribution in [0.5, 0.6) is 0 Å². The topological polar surface area (TPSA) is 70.1 Å². The Morgan fingerprint density at radius 2 is 1.95 bits per heavy atom. The summed E-state index contributed by atoms with van der Waals surface area (Å²) >= 11 is 0. The quantitative estimate of drug-likeness (QED) is 0.859. The fourth-order valence-corrected chi connectivity index (χ4v) is 1.98. The second kappa shape index (κ2) is 6.70. The van der Waals surface area contributed by atoms with E-state index in [1.165, 1.54) is 0 Å². The number of hydrogen-bond donors (Lipinski definition) is 1. The van der Waals surface area contributed by atoms with E-state index in [9.17, 15) is 4.79 Å². The van der Waals surface area contributed by atoms with Crippen LogP contribution >= 0.6 is 0 Å². The number of ether oxygens (including phenoxy) is 1. The second-order valence-electron chi connectivity index (χ2n) is 5.21. The molecule has 1 aromatic rings. The van der Waals surface area contributed by atoms with E-state index in [2.05, 4.69) is 18.8 Å². The number of nitrogens with zero attached hydrogens (tertiary/aromatic N) is 2. The molecular formula is C14H25N3O2. The Morgan fingerprint density at radius 3 is 2.42 bits per heavy atom. The van der Waals surface area contributed by atoms with Crippen molar-refractivity contribution in [2.75, 3.05) is 5.73 Å². The van der Waals surface area contributed by atoms with Crippen LogP contribution in [0, 0.1) is 12.8 Å².